The molecule has 0 bridgehead atoms. The Kier molecular flexibility index (Phi) is 3.70. The molecular weight excluding hydrogens is 206 g/mol. The second-order valence-corrected chi connectivity index (χ2v) is 5.62. The molecule has 1 aromatic heterocycles. The van der Waals surface area contributed by atoms with Crippen LogP contribution < -0.4 is 5.73 Å². The topological polar surface area (TPSA) is 51.8 Å². The molecule has 1 aromatic rings. The zero-order valence-electron chi connectivity index (χ0n) is 9.28. The van der Waals surface area contributed by atoms with Crippen molar-refractivity contribution in [1.29, 1.82) is 0 Å². The van der Waals surface area contributed by atoms with E-state index in [4.69, 9.17) is 5.73 Å². The van der Waals surface area contributed by atoms with Crippen LogP contribution in [0.25, 0.3) is 0 Å². The van der Waals surface area contributed by atoms with Crippen LogP contribution in [0.3, 0.4) is 0 Å². The highest BCUT2D eigenvalue weighted by Crippen LogP contribution is 2.28. The number of hydrogen-bond acceptors (Lipinski definition) is 4. The van der Waals surface area contributed by atoms with Crippen molar-refractivity contribution < 1.29 is 0 Å². The molecule has 15 heavy (non-hydrogen) atoms. The molecule has 0 saturated heterocycles. The first-order valence-corrected chi connectivity index (χ1v) is 6.65. The molecule has 1 unspecified atom stereocenters. The number of aromatic nitrogens is 2. The molecule has 0 amide bonds. The molecule has 4 heteroatoms. The third-order valence-corrected chi connectivity index (χ3v) is 4.21. The predicted molar refractivity (Wildman–Crippen MR) is 62.8 cm³/mol. The fraction of sp³-hybridized carbons (Fsp3) is 0.818. The first-order chi connectivity index (χ1) is 7.25. The summed E-state index contributed by atoms with van der Waals surface area (Å²) in [4.78, 5) is 0. The lowest BCUT2D eigenvalue weighted by molar-refractivity contribution is 0.356. The van der Waals surface area contributed by atoms with Crippen molar-refractivity contribution >= 4 is 11.3 Å². The van der Waals surface area contributed by atoms with Gasteiger partial charge in [0.1, 0.15) is 10.0 Å². The summed E-state index contributed by atoms with van der Waals surface area (Å²) in [6, 6.07) is 0.0302. The summed E-state index contributed by atoms with van der Waals surface area (Å²) in [5, 5.41) is 10.5. The van der Waals surface area contributed by atoms with E-state index in [-0.39, 0.29) is 6.04 Å². The SMILES string of the molecule is CC(N)c1nnc(CC2CCCCC2)s1. The van der Waals surface area contributed by atoms with Gasteiger partial charge in [-0.25, -0.2) is 0 Å². The van der Waals surface area contributed by atoms with E-state index in [2.05, 4.69) is 10.2 Å². The van der Waals surface area contributed by atoms with Crippen LogP contribution in [-0.2, 0) is 6.42 Å². The van der Waals surface area contributed by atoms with Gasteiger partial charge in [-0.3, -0.25) is 0 Å². The first kappa shape index (κ1) is 11.0. The quantitative estimate of drug-likeness (QED) is 0.860. The minimum atomic E-state index is 0.0302. The second kappa shape index (κ2) is 5.03. The lowest BCUT2D eigenvalue weighted by atomic mass is 9.87. The Balaban J connectivity index is 1.91. The van der Waals surface area contributed by atoms with E-state index in [9.17, 15) is 0 Å². The summed E-state index contributed by atoms with van der Waals surface area (Å²) in [6.45, 7) is 1.96. The van der Waals surface area contributed by atoms with E-state index in [1.807, 2.05) is 6.92 Å². The Morgan fingerprint density at radius 1 is 1.33 bits per heavy atom. The molecule has 2 rings (SSSR count). The summed E-state index contributed by atoms with van der Waals surface area (Å²) < 4.78 is 0. The summed E-state index contributed by atoms with van der Waals surface area (Å²) in [7, 11) is 0. The molecule has 0 aromatic carbocycles. The average Bonchev–Trinajstić information content (AvgIpc) is 2.68. The van der Waals surface area contributed by atoms with Crippen LogP contribution in [0.4, 0.5) is 0 Å². The molecule has 84 valence electrons. The number of hydrogen-bond donors (Lipinski definition) is 1. The van der Waals surface area contributed by atoms with Crippen LogP contribution in [0.1, 0.15) is 55.1 Å². The maximum absolute atomic E-state index is 5.77. The van der Waals surface area contributed by atoms with Gasteiger partial charge < -0.3 is 5.73 Å². The zero-order valence-corrected chi connectivity index (χ0v) is 10.1. The molecular formula is C11H19N3S. The van der Waals surface area contributed by atoms with Crippen LogP contribution in [0.15, 0.2) is 0 Å². The molecule has 1 fully saturated rings. The zero-order chi connectivity index (χ0) is 10.7. The van der Waals surface area contributed by atoms with E-state index in [1.165, 1.54) is 37.1 Å². The minimum Gasteiger partial charge on any atom is -0.322 e. The fourth-order valence-corrected chi connectivity index (χ4v) is 3.08. The molecule has 0 aliphatic heterocycles. The molecule has 1 atom stereocenters. The summed E-state index contributed by atoms with van der Waals surface area (Å²) >= 11 is 1.69. The first-order valence-electron chi connectivity index (χ1n) is 5.83. The molecule has 1 aliphatic rings. The fourth-order valence-electron chi connectivity index (χ4n) is 2.17. The second-order valence-electron chi connectivity index (χ2n) is 4.53. The standard InChI is InChI=1S/C11H19N3S/c1-8(12)11-14-13-10(15-11)7-9-5-3-2-4-6-9/h8-9H,2-7,12H2,1H3. The average molecular weight is 225 g/mol. The van der Waals surface area contributed by atoms with E-state index in [1.54, 1.807) is 11.3 Å². The van der Waals surface area contributed by atoms with Crippen LogP contribution in [0, 0.1) is 5.92 Å². The molecule has 1 heterocycles. The van der Waals surface area contributed by atoms with Crippen molar-refractivity contribution in [3.63, 3.8) is 0 Å². The lowest BCUT2D eigenvalue weighted by Crippen LogP contribution is -2.08. The highest BCUT2D eigenvalue weighted by molar-refractivity contribution is 7.11. The highest BCUT2D eigenvalue weighted by atomic mass is 32.1. The van der Waals surface area contributed by atoms with Crippen LogP contribution >= 0.6 is 11.3 Å². The van der Waals surface area contributed by atoms with E-state index in [0.717, 1.165) is 17.3 Å². The van der Waals surface area contributed by atoms with E-state index in [0.29, 0.717) is 0 Å². The van der Waals surface area contributed by atoms with Crippen molar-refractivity contribution in [2.24, 2.45) is 11.7 Å². The van der Waals surface area contributed by atoms with Crippen molar-refractivity contribution in [2.45, 2.75) is 51.5 Å². The third kappa shape index (κ3) is 2.98. The van der Waals surface area contributed by atoms with Gasteiger partial charge >= 0.3 is 0 Å². The van der Waals surface area contributed by atoms with E-state index < -0.39 is 0 Å². The van der Waals surface area contributed by atoms with Crippen molar-refractivity contribution in [3.8, 4) is 0 Å². The van der Waals surface area contributed by atoms with Crippen LogP contribution in [-0.4, -0.2) is 10.2 Å². The summed E-state index contributed by atoms with van der Waals surface area (Å²) in [5.74, 6) is 0.840. The van der Waals surface area contributed by atoms with Gasteiger partial charge in [-0.1, -0.05) is 43.4 Å². The Morgan fingerprint density at radius 2 is 2.07 bits per heavy atom. The van der Waals surface area contributed by atoms with Crippen molar-refractivity contribution in [1.82, 2.24) is 10.2 Å². The van der Waals surface area contributed by atoms with Gasteiger partial charge in [-0.05, 0) is 12.8 Å². The van der Waals surface area contributed by atoms with Gasteiger partial charge in [0.15, 0.2) is 0 Å². The number of nitrogens with zero attached hydrogens (tertiary/aromatic N) is 2. The van der Waals surface area contributed by atoms with Gasteiger partial charge in [0.2, 0.25) is 0 Å². The monoisotopic (exact) mass is 225 g/mol. The molecule has 2 N–H and O–H groups in total. The van der Waals surface area contributed by atoms with E-state index >= 15 is 0 Å². The van der Waals surface area contributed by atoms with Gasteiger partial charge in [-0.2, -0.15) is 0 Å². The summed E-state index contributed by atoms with van der Waals surface area (Å²) in [6.07, 6.45) is 8.05. The van der Waals surface area contributed by atoms with Crippen molar-refractivity contribution in [2.75, 3.05) is 0 Å². The van der Waals surface area contributed by atoms with Crippen molar-refractivity contribution in [3.05, 3.63) is 10.0 Å². The van der Waals surface area contributed by atoms with Crippen LogP contribution in [0.2, 0.25) is 0 Å². The van der Waals surface area contributed by atoms with Gasteiger partial charge in [0.25, 0.3) is 0 Å². The highest BCUT2D eigenvalue weighted by Gasteiger charge is 2.16. The maximum atomic E-state index is 5.77. The third-order valence-electron chi connectivity index (χ3n) is 3.06. The Bertz CT molecular complexity index is 303. The Hall–Kier alpha value is -0.480. The van der Waals surface area contributed by atoms with Gasteiger partial charge in [0.05, 0.1) is 6.04 Å². The number of rotatable bonds is 3. The normalized spacial score (nSPS) is 20.4. The minimum absolute atomic E-state index is 0.0302. The Labute approximate surface area is 95.1 Å². The van der Waals surface area contributed by atoms with Gasteiger partial charge in [-0.15, -0.1) is 10.2 Å². The smallest absolute Gasteiger partial charge is 0.133 e. The molecule has 1 aliphatic carbocycles. The lowest BCUT2D eigenvalue weighted by Gasteiger charge is -2.19. The molecule has 3 nitrogen and oxygen atoms in total. The van der Waals surface area contributed by atoms with Crippen LogP contribution in [0.5, 0.6) is 0 Å². The largest absolute Gasteiger partial charge is 0.322 e. The maximum Gasteiger partial charge on any atom is 0.133 e. The summed E-state index contributed by atoms with van der Waals surface area (Å²) in [5.41, 5.74) is 5.77. The molecule has 1 saturated carbocycles. The predicted octanol–water partition coefficient (Wildman–Crippen LogP) is 2.68. The molecule has 0 spiro atoms. The number of nitrogens with two attached hydrogens (primary N) is 1. The molecule has 0 radical (unpaired) electrons. The van der Waals surface area contributed by atoms with Gasteiger partial charge in [0, 0.05) is 6.42 Å². The Morgan fingerprint density at radius 3 is 2.67 bits per heavy atom.